The van der Waals surface area contributed by atoms with Crippen molar-refractivity contribution in [3.05, 3.63) is 35.3 Å². The largest absolute Gasteiger partial charge is 0.491 e. The van der Waals surface area contributed by atoms with E-state index < -0.39 is 12.0 Å². The number of alkyl halides is 3. The van der Waals surface area contributed by atoms with Crippen LogP contribution in [-0.4, -0.2) is 35.2 Å². The smallest absolute Gasteiger partial charge is 0.449 e. The molecule has 2 N–H and O–H groups in total. The number of halogens is 3. The van der Waals surface area contributed by atoms with Gasteiger partial charge in [-0.15, -0.1) is 0 Å². The molecule has 0 bridgehead atoms. The molecule has 0 unspecified atom stereocenters. The van der Waals surface area contributed by atoms with Gasteiger partial charge < -0.3 is 19.9 Å². The molecule has 3 heterocycles. The van der Waals surface area contributed by atoms with Gasteiger partial charge in [0.15, 0.2) is 0 Å². The number of rotatable bonds is 1. The number of amides is 1. The maximum Gasteiger partial charge on any atom is 0.449 e. The highest BCUT2D eigenvalue weighted by Gasteiger charge is 2.39. The van der Waals surface area contributed by atoms with Gasteiger partial charge in [0, 0.05) is 25.2 Å². The molecule has 132 valence electrons. The lowest BCUT2D eigenvalue weighted by molar-refractivity contribution is -0.147. The van der Waals surface area contributed by atoms with E-state index in [2.05, 4.69) is 15.6 Å². The third kappa shape index (κ3) is 2.74. The Kier molecular flexibility index (Phi) is 3.68. The second-order valence-electron chi connectivity index (χ2n) is 5.87. The van der Waals surface area contributed by atoms with Crippen LogP contribution in [0.5, 0.6) is 5.75 Å². The number of nitrogens with zero attached hydrogens (tertiary/aromatic N) is 2. The van der Waals surface area contributed by atoms with Crippen LogP contribution in [0.3, 0.4) is 0 Å². The standard InChI is InChI=1S/C16H15F3N4O2/c17-16(18,19)15-22-13(11-8-20-3-5-23(11)15)9-1-2-12-10(7-9)14(24)21-4-6-25-12/h1-2,7,20H,3-6,8H2,(H,21,24). The summed E-state index contributed by atoms with van der Waals surface area (Å²) < 4.78 is 46.6. The average Bonchev–Trinajstić information content (AvgIpc) is 2.89. The molecule has 0 radical (unpaired) electrons. The van der Waals surface area contributed by atoms with E-state index in [0.717, 1.165) is 0 Å². The Morgan fingerprint density at radius 1 is 1.24 bits per heavy atom. The molecule has 4 rings (SSSR count). The Hall–Kier alpha value is -2.55. The summed E-state index contributed by atoms with van der Waals surface area (Å²) in [6.45, 7) is 1.67. The first-order valence-corrected chi connectivity index (χ1v) is 7.88. The van der Waals surface area contributed by atoms with E-state index in [-0.39, 0.29) is 24.7 Å². The van der Waals surface area contributed by atoms with Gasteiger partial charge in [0.05, 0.1) is 23.5 Å². The van der Waals surface area contributed by atoms with Gasteiger partial charge in [0.1, 0.15) is 12.4 Å². The van der Waals surface area contributed by atoms with Crippen molar-refractivity contribution < 1.29 is 22.7 Å². The fourth-order valence-electron chi connectivity index (χ4n) is 3.15. The molecule has 0 spiro atoms. The zero-order valence-corrected chi connectivity index (χ0v) is 13.1. The van der Waals surface area contributed by atoms with E-state index in [1.807, 2.05) is 0 Å². The molecule has 0 saturated heterocycles. The van der Waals surface area contributed by atoms with E-state index in [1.54, 1.807) is 12.1 Å². The van der Waals surface area contributed by atoms with Crippen LogP contribution >= 0.6 is 0 Å². The van der Waals surface area contributed by atoms with Crippen molar-refractivity contribution in [1.82, 2.24) is 20.2 Å². The number of hydrogen-bond donors (Lipinski definition) is 2. The molecule has 0 aliphatic carbocycles. The number of ether oxygens (including phenoxy) is 1. The number of carbonyl (C=O) groups is 1. The summed E-state index contributed by atoms with van der Waals surface area (Å²) >= 11 is 0. The van der Waals surface area contributed by atoms with Crippen molar-refractivity contribution in [2.45, 2.75) is 19.3 Å². The van der Waals surface area contributed by atoms with Gasteiger partial charge in [-0.3, -0.25) is 4.79 Å². The second-order valence-corrected chi connectivity index (χ2v) is 5.87. The van der Waals surface area contributed by atoms with Crippen LogP contribution in [0.1, 0.15) is 21.9 Å². The van der Waals surface area contributed by atoms with Gasteiger partial charge >= 0.3 is 6.18 Å². The third-order valence-electron chi connectivity index (χ3n) is 4.27. The van der Waals surface area contributed by atoms with Gasteiger partial charge in [0.2, 0.25) is 5.82 Å². The van der Waals surface area contributed by atoms with Crippen LogP contribution in [0, 0.1) is 0 Å². The first-order valence-electron chi connectivity index (χ1n) is 7.88. The van der Waals surface area contributed by atoms with Crippen LogP contribution in [0.25, 0.3) is 11.3 Å². The molecule has 9 heteroatoms. The summed E-state index contributed by atoms with van der Waals surface area (Å²) in [5.74, 6) is -0.799. The minimum Gasteiger partial charge on any atom is -0.491 e. The Morgan fingerprint density at radius 2 is 2.08 bits per heavy atom. The molecule has 2 aliphatic heterocycles. The van der Waals surface area contributed by atoms with E-state index in [9.17, 15) is 18.0 Å². The first kappa shape index (κ1) is 15.9. The number of hydrogen-bond acceptors (Lipinski definition) is 4. The van der Waals surface area contributed by atoms with Gasteiger partial charge in [-0.1, -0.05) is 0 Å². The van der Waals surface area contributed by atoms with Crippen molar-refractivity contribution in [2.75, 3.05) is 19.7 Å². The molecule has 0 atom stereocenters. The molecule has 25 heavy (non-hydrogen) atoms. The van der Waals surface area contributed by atoms with Crippen molar-refractivity contribution >= 4 is 5.91 Å². The molecular weight excluding hydrogens is 337 g/mol. The van der Waals surface area contributed by atoms with Gasteiger partial charge in [0.25, 0.3) is 5.91 Å². The zero-order valence-electron chi connectivity index (χ0n) is 13.1. The molecule has 1 aromatic heterocycles. The lowest BCUT2D eigenvalue weighted by Crippen LogP contribution is -2.30. The zero-order chi connectivity index (χ0) is 17.6. The first-order chi connectivity index (χ1) is 11.9. The van der Waals surface area contributed by atoms with Crippen molar-refractivity contribution in [1.29, 1.82) is 0 Å². The van der Waals surface area contributed by atoms with E-state index in [0.29, 0.717) is 42.3 Å². The summed E-state index contributed by atoms with van der Waals surface area (Å²) in [4.78, 5) is 16.0. The van der Waals surface area contributed by atoms with Crippen LogP contribution in [0.4, 0.5) is 13.2 Å². The minimum absolute atomic E-state index is 0.200. The van der Waals surface area contributed by atoms with E-state index in [1.165, 1.54) is 10.6 Å². The molecule has 2 aromatic rings. The molecular formula is C16H15F3N4O2. The molecule has 0 fully saturated rings. The van der Waals surface area contributed by atoms with Gasteiger partial charge in [-0.25, -0.2) is 4.98 Å². The summed E-state index contributed by atoms with van der Waals surface area (Å²) in [5.41, 5.74) is 1.46. The number of benzene rings is 1. The van der Waals surface area contributed by atoms with Gasteiger partial charge in [-0.05, 0) is 18.2 Å². The monoisotopic (exact) mass is 352 g/mol. The maximum absolute atomic E-state index is 13.3. The summed E-state index contributed by atoms with van der Waals surface area (Å²) in [7, 11) is 0. The molecule has 0 saturated carbocycles. The van der Waals surface area contributed by atoms with E-state index >= 15 is 0 Å². The Balaban J connectivity index is 1.85. The Labute approximate surface area is 141 Å². The number of fused-ring (bicyclic) bond motifs is 2. The molecule has 2 aliphatic rings. The topological polar surface area (TPSA) is 68.2 Å². The number of nitrogens with one attached hydrogen (secondary N) is 2. The highest BCUT2D eigenvalue weighted by Crippen LogP contribution is 2.36. The predicted octanol–water partition coefficient (Wildman–Crippen LogP) is 1.79. The van der Waals surface area contributed by atoms with Crippen LogP contribution in [0.15, 0.2) is 18.2 Å². The highest BCUT2D eigenvalue weighted by atomic mass is 19.4. The summed E-state index contributed by atoms with van der Waals surface area (Å²) in [5, 5.41) is 5.75. The number of imidazole rings is 1. The fourth-order valence-corrected chi connectivity index (χ4v) is 3.15. The lowest BCUT2D eigenvalue weighted by Gasteiger charge is -2.19. The summed E-state index contributed by atoms with van der Waals surface area (Å²) in [6, 6.07) is 4.77. The lowest BCUT2D eigenvalue weighted by atomic mass is 10.0. The number of aromatic nitrogens is 2. The van der Waals surface area contributed by atoms with Crippen molar-refractivity contribution in [3.8, 4) is 17.0 Å². The maximum atomic E-state index is 13.3. The Morgan fingerprint density at radius 3 is 2.88 bits per heavy atom. The molecule has 1 aromatic carbocycles. The second kappa shape index (κ2) is 5.76. The van der Waals surface area contributed by atoms with Crippen LogP contribution in [0.2, 0.25) is 0 Å². The molecule has 6 nitrogen and oxygen atoms in total. The van der Waals surface area contributed by atoms with Gasteiger partial charge in [-0.2, -0.15) is 13.2 Å². The van der Waals surface area contributed by atoms with Crippen LogP contribution < -0.4 is 15.4 Å². The third-order valence-corrected chi connectivity index (χ3v) is 4.27. The Bertz CT molecular complexity index is 845. The van der Waals surface area contributed by atoms with Crippen molar-refractivity contribution in [2.24, 2.45) is 0 Å². The van der Waals surface area contributed by atoms with E-state index in [4.69, 9.17) is 4.74 Å². The quantitative estimate of drug-likeness (QED) is 0.821. The predicted molar refractivity (Wildman–Crippen MR) is 82.2 cm³/mol. The van der Waals surface area contributed by atoms with Crippen LogP contribution in [-0.2, 0) is 19.3 Å². The normalized spacial score (nSPS) is 17.2. The van der Waals surface area contributed by atoms with Crippen molar-refractivity contribution in [3.63, 3.8) is 0 Å². The molecule has 1 amide bonds. The highest BCUT2D eigenvalue weighted by molar-refractivity contribution is 5.98. The number of carbonyl (C=O) groups excluding carboxylic acids is 1. The SMILES string of the molecule is O=C1NCCOc2ccc(-c3nc(C(F)(F)F)n4c3CNCC4)cc21. The average molecular weight is 352 g/mol. The summed E-state index contributed by atoms with van der Waals surface area (Å²) in [6.07, 6.45) is -4.53. The fraction of sp³-hybridized carbons (Fsp3) is 0.375. The minimum atomic E-state index is -4.53.